The summed E-state index contributed by atoms with van der Waals surface area (Å²) in [6.07, 6.45) is 1.58. The van der Waals surface area contributed by atoms with Crippen molar-refractivity contribution in [1.29, 1.82) is 0 Å². The van der Waals surface area contributed by atoms with Gasteiger partial charge in [0.2, 0.25) is 0 Å². The quantitative estimate of drug-likeness (QED) is 0.502. The largest absolute Gasteiger partial charge is 0.493 e. The zero-order chi connectivity index (χ0) is 21.0. The highest BCUT2D eigenvalue weighted by Gasteiger charge is 2.25. The Balaban J connectivity index is 1.68. The number of carbonyl (C=O) groups excluding carboxylic acids is 2. The summed E-state index contributed by atoms with van der Waals surface area (Å²) < 4.78 is 16.9. The second-order valence-corrected chi connectivity index (χ2v) is 7.77. The first-order valence-electron chi connectivity index (χ1n) is 8.82. The van der Waals surface area contributed by atoms with Crippen LogP contribution in [0.4, 0.5) is 4.79 Å². The molecule has 2 amide bonds. The Bertz CT molecular complexity index is 989. The van der Waals surface area contributed by atoms with Crippen LogP contribution in [0.3, 0.4) is 0 Å². The van der Waals surface area contributed by atoms with Crippen molar-refractivity contribution in [1.82, 2.24) is 5.32 Å². The number of amides is 2. The van der Waals surface area contributed by atoms with E-state index in [9.17, 15) is 9.59 Å². The molecule has 0 bridgehead atoms. The number of benzene rings is 2. The maximum Gasteiger partial charge on any atom is 0.290 e. The van der Waals surface area contributed by atoms with Gasteiger partial charge in [0, 0.05) is 0 Å². The summed E-state index contributed by atoms with van der Waals surface area (Å²) in [6, 6.07) is 9.36. The Labute approximate surface area is 178 Å². The number of hydrogen-bond donors (Lipinski definition) is 1. The second kappa shape index (κ2) is 9.24. The fourth-order valence-electron chi connectivity index (χ4n) is 2.69. The normalized spacial score (nSPS) is 14.8. The minimum atomic E-state index is -0.431. The van der Waals surface area contributed by atoms with E-state index in [0.29, 0.717) is 33.6 Å². The molecule has 0 aliphatic carbocycles. The van der Waals surface area contributed by atoms with Crippen LogP contribution in [0.5, 0.6) is 17.2 Å². The fourth-order valence-corrected chi connectivity index (χ4v) is 3.65. The van der Waals surface area contributed by atoms with E-state index in [-0.39, 0.29) is 6.61 Å². The summed E-state index contributed by atoms with van der Waals surface area (Å²) in [7, 11) is 1.50. The lowest BCUT2D eigenvalue weighted by atomic mass is 10.1. The van der Waals surface area contributed by atoms with Crippen molar-refractivity contribution < 1.29 is 23.8 Å². The molecule has 0 atom stereocenters. The van der Waals surface area contributed by atoms with E-state index in [4.69, 9.17) is 25.8 Å². The summed E-state index contributed by atoms with van der Waals surface area (Å²) in [4.78, 5) is 23.3. The Morgan fingerprint density at radius 1 is 1.07 bits per heavy atom. The number of carbonyl (C=O) groups is 2. The van der Waals surface area contributed by atoms with Crippen molar-refractivity contribution in [2.24, 2.45) is 0 Å². The molecule has 3 rings (SSSR count). The molecular weight excluding hydrogens is 414 g/mol. The van der Waals surface area contributed by atoms with Gasteiger partial charge in [-0.2, -0.15) is 0 Å². The molecule has 1 N–H and O–H groups in total. The minimum absolute atomic E-state index is 0.274. The molecular formula is C21H20ClNO5S. The Hall–Kier alpha value is -2.64. The van der Waals surface area contributed by atoms with E-state index in [1.165, 1.54) is 7.11 Å². The third-order valence-electron chi connectivity index (χ3n) is 4.12. The van der Waals surface area contributed by atoms with Crippen LogP contribution >= 0.6 is 23.4 Å². The van der Waals surface area contributed by atoms with Crippen molar-refractivity contribution in [3.8, 4) is 17.2 Å². The lowest BCUT2D eigenvalue weighted by molar-refractivity contribution is -0.115. The molecule has 1 fully saturated rings. The van der Waals surface area contributed by atoms with Crippen molar-refractivity contribution >= 4 is 40.6 Å². The highest BCUT2D eigenvalue weighted by molar-refractivity contribution is 8.18. The lowest BCUT2D eigenvalue weighted by Gasteiger charge is -2.14. The van der Waals surface area contributed by atoms with Gasteiger partial charge >= 0.3 is 0 Å². The van der Waals surface area contributed by atoms with Crippen LogP contribution in [0.2, 0.25) is 5.02 Å². The number of ether oxygens (including phenoxy) is 3. The highest BCUT2D eigenvalue weighted by atomic mass is 35.5. The maximum atomic E-state index is 11.7. The number of nitrogens with one attached hydrogen (secondary N) is 1. The van der Waals surface area contributed by atoms with E-state index in [2.05, 4.69) is 5.32 Å². The van der Waals surface area contributed by atoms with Crippen LogP contribution in [0.1, 0.15) is 16.7 Å². The van der Waals surface area contributed by atoms with E-state index in [1.54, 1.807) is 18.2 Å². The van der Waals surface area contributed by atoms with Crippen LogP contribution in [-0.2, 0) is 4.79 Å². The maximum absolute atomic E-state index is 11.7. The fraction of sp³-hybridized carbons (Fsp3) is 0.238. The first-order valence-corrected chi connectivity index (χ1v) is 10.0. The smallest absolute Gasteiger partial charge is 0.290 e. The number of methoxy groups -OCH3 is 1. The van der Waals surface area contributed by atoms with Crippen molar-refractivity contribution in [2.75, 3.05) is 20.3 Å². The van der Waals surface area contributed by atoms with Crippen LogP contribution in [0.15, 0.2) is 35.2 Å². The molecule has 0 unspecified atom stereocenters. The average molecular weight is 434 g/mol. The molecule has 2 aromatic carbocycles. The monoisotopic (exact) mass is 433 g/mol. The minimum Gasteiger partial charge on any atom is -0.493 e. The SMILES string of the molecule is COc1cc(/C=C2\SC(=O)NC2=O)cc(Cl)c1OCCOc1cc(C)ccc1C. The standard InChI is InChI=1S/C21H20ClNO5S/c1-12-4-5-13(2)16(8-12)27-6-7-28-19-15(22)9-14(10-17(19)26-3)11-18-20(24)23-21(25)29-18/h4-5,8-11H,6-7H2,1-3H3,(H,23,24,25)/b18-11-. The second-order valence-electron chi connectivity index (χ2n) is 6.35. The zero-order valence-corrected chi connectivity index (χ0v) is 17.8. The van der Waals surface area contributed by atoms with Gasteiger partial charge in [0.15, 0.2) is 11.5 Å². The first-order chi connectivity index (χ1) is 13.9. The Morgan fingerprint density at radius 3 is 2.52 bits per heavy atom. The number of rotatable bonds is 7. The lowest BCUT2D eigenvalue weighted by Crippen LogP contribution is -2.17. The molecule has 0 spiro atoms. The van der Waals surface area contributed by atoms with Crippen molar-refractivity contribution in [2.45, 2.75) is 13.8 Å². The third-order valence-corrected chi connectivity index (χ3v) is 5.21. The van der Waals surface area contributed by atoms with E-state index in [1.807, 2.05) is 32.0 Å². The van der Waals surface area contributed by atoms with Gasteiger partial charge in [-0.1, -0.05) is 23.7 Å². The summed E-state index contributed by atoms with van der Waals surface area (Å²) >= 11 is 7.20. The zero-order valence-electron chi connectivity index (χ0n) is 16.2. The molecule has 0 radical (unpaired) electrons. The van der Waals surface area contributed by atoms with Gasteiger partial charge in [-0.15, -0.1) is 0 Å². The van der Waals surface area contributed by atoms with Gasteiger partial charge in [-0.05, 0) is 66.6 Å². The van der Waals surface area contributed by atoms with Crippen LogP contribution in [0, 0.1) is 13.8 Å². The molecule has 1 saturated heterocycles. The predicted octanol–water partition coefficient (Wildman–Crippen LogP) is 4.75. The third kappa shape index (κ3) is 5.25. The molecule has 1 aliphatic rings. The molecule has 29 heavy (non-hydrogen) atoms. The summed E-state index contributed by atoms with van der Waals surface area (Å²) in [5, 5.41) is 2.14. The number of hydrogen-bond acceptors (Lipinski definition) is 6. The summed E-state index contributed by atoms with van der Waals surface area (Å²) in [6.45, 7) is 4.61. The van der Waals surface area contributed by atoms with Crippen molar-refractivity contribution in [3.63, 3.8) is 0 Å². The molecule has 2 aromatic rings. The van der Waals surface area contributed by atoms with Crippen LogP contribution < -0.4 is 19.5 Å². The van der Waals surface area contributed by atoms with Crippen LogP contribution in [-0.4, -0.2) is 31.5 Å². The first kappa shape index (κ1) is 21.1. The summed E-state index contributed by atoms with van der Waals surface area (Å²) in [5.74, 6) is 1.20. The average Bonchev–Trinajstić information content (AvgIpc) is 2.99. The number of halogens is 1. The Morgan fingerprint density at radius 2 is 1.83 bits per heavy atom. The summed E-state index contributed by atoms with van der Waals surface area (Å²) in [5.41, 5.74) is 2.80. The molecule has 6 nitrogen and oxygen atoms in total. The number of imide groups is 1. The van der Waals surface area contributed by atoms with Gasteiger partial charge in [0.05, 0.1) is 17.0 Å². The Kier molecular flexibility index (Phi) is 6.71. The molecule has 1 aliphatic heterocycles. The van der Waals surface area contributed by atoms with Gasteiger partial charge < -0.3 is 14.2 Å². The number of thioether (sulfide) groups is 1. The van der Waals surface area contributed by atoms with Gasteiger partial charge in [-0.3, -0.25) is 14.9 Å². The molecule has 0 aromatic heterocycles. The molecule has 152 valence electrons. The van der Waals surface area contributed by atoms with E-state index >= 15 is 0 Å². The molecule has 1 heterocycles. The highest BCUT2D eigenvalue weighted by Crippen LogP contribution is 2.38. The van der Waals surface area contributed by atoms with E-state index in [0.717, 1.165) is 28.6 Å². The topological polar surface area (TPSA) is 73.9 Å². The van der Waals surface area contributed by atoms with Gasteiger partial charge in [-0.25, -0.2) is 0 Å². The van der Waals surface area contributed by atoms with Crippen molar-refractivity contribution in [3.05, 3.63) is 56.9 Å². The van der Waals surface area contributed by atoms with Gasteiger partial charge in [0.1, 0.15) is 19.0 Å². The molecule has 0 saturated carbocycles. The van der Waals surface area contributed by atoms with Gasteiger partial charge in [0.25, 0.3) is 11.1 Å². The van der Waals surface area contributed by atoms with Crippen LogP contribution in [0.25, 0.3) is 6.08 Å². The van der Waals surface area contributed by atoms with E-state index < -0.39 is 11.1 Å². The molecule has 8 heteroatoms. The number of aryl methyl sites for hydroxylation is 2. The predicted molar refractivity (Wildman–Crippen MR) is 114 cm³/mol.